The van der Waals surface area contributed by atoms with Crippen LogP contribution in [0.1, 0.15) is 5.56 Å². The molecule has 25 heavy (non-hydrogen) atoms. The van der Waals surface area contributed by atoms with Crippen LogP contribution in [0.25, 0.3) is 16.8 Å². The third kappa shape index (κ3) is 4.03. The monoisotopic (exact) mass is 420 g/mol. The maximum atomic E-state index is 11.7. The Morgan fingerprint density at radius 2 is 1.12 bits per heavy atom. The van der Waals surface area contributed by atoms with Crippen LogP contribution in [-0.2, 0) is 30.4 Å². The zero-order chi connectivity index (χ0) is 18.5. The Labute approximate surface area is 159 Å². The number of hydrogen-bond acceptors (Lipinski definition) is 6. The Balaban J connectivity index is 0.00000312. The number of fused-ring (bicyclic) bond motifs is 1. The quantitative estimate of drug-likeness (QED) is 0.466. The maximum absolute atomic E-state index is 11.7. The summed E-state index contributed by atoms with van der Waals surface area (Å²) in [5.41, 5.74) is -0.451. The van der Waals surface area contributed by atoms with Crippen molar-refractivity contribution >= 4 is 70.3 Å². The molecule has 0 aromatic heterocycles. The lowest BCUT2D eigenvalue weighted by Crippen LogP contribution is -2.16. The van der Waals surface area contributed by atoms with Crippen molar-refractivity contribution in [1.82, 2.24) is 0 Å². The van der Waals surface area contributed by atoms with E-state index in [0.717, 1.165) is 12.1 Å². The molecule has 0 saturated carbocycles. The van der Waals surface area contributed by atoms with Crippen LogP contribution in [0.2, 0.25) is 0 Å². The Morgan fingerprint density at radius 1 is 0.720 bits per heavy atom. The van der Waals surface area contributed by atoms with E-state index in [2.05, 4.69) is 6.58 Å². The van der Waals surface area contributed by atoms with Crippen LogP contribution < -0.4 is 0 Å². The molecule has 2 aromatic carbocycles. The zero-order valence-electron chi connectivity index (χ0n) is 11.6. The van der Waals surface area contributed by atoms with Crippen molar-refractivity contribution in [2.75, 3.05) is 0 Å². The fourth-order valence-electron chi connectivity index (χ4n) is 2.34. The second-order valence-electron chi connectivity index (χ2n) is 4.58. The van der Waals surface area contributed by atoms with E-state index in [4.69, 9.17) is 0 Å². The molecular formula is C12H12MgO9S3. The molecule has 3 N–H and O–H groups in total. The van der Waals surface area contributed by atoms with Gasteiger partial charge in [0.25, 0.3) is 30.4 Å². The number of benzene rings is 2. The first-order chi connectivity index (χ1) is 10.8. The van der Waals surface area contributed by atoms with Crippen molar-refractivity contribution in [3.05, 3.63) is 36.4 Å². The van der Waals surface area contributed by atoms with Crippen LogP contribution in [-0.4, -0.2) is 62.0 Å². The summed E-state index contributed by atoms with van der Waals surface area (Å²) < 4.78 is 98.0. The molecule has 0 radical (unpaired) electrons. The summed E-state index contributed by atoms with van der Waals surface area (Å²) in [6.45, 7) is 3.31. The van der Waals surface area contributed by atoms with Gasteiger partial charge in [-0.15, -0.1) is 0 Å². The fourth-order valence-corrected chi connectivity index (χ4v) is 5.95. The lowest BCUT2D eigenvalue weighted by atomic mass is 10.0. The Bertz CT molecular complexity index is 1180. The summed E-state index contributed by atoms with van der Waals surface area (Å²) in [4.78, 5) is -4.41. The van der Waals surface area contributed by atoms with Crippen molar-refractivity contribution in [2.45, 2.75) is 14.7 Å². The summed E-state index contributed by atoms with van der Waals surface area (Å²) in [6, 6.07) is 4.99. The Hall–Kier alpha value is -1.06. The first kappa shape index (κ1) is 22.0. The van der Waals surface area contributed by atoms with E-state index in [1.807, 2.05) is 0 Å². The molecule has 9 nitrogen and oxygen atoms in total. The van der Waals surface area contributed by atoms with Crippen molar-refractivity contribution in [1.29, 1.82) is 0 Å². The molecule has 0 spiro atoms. The minimum absolute atomic E-state index is 0. The van der Waals surface area contributed by atoms with Gasteiger partial charge in [-0.3, -0.25) is 13.7 Å². The largest absolute Gasteiger partial charge is 0.316 e. The molecule has 0 fully saturated rings. The van der Waals surface area contributed by atoms with Gasteiger partial charge in [-0.05, 0) is 5.39 Å². The predicted molar refractivity (Wildman–Crippen MR) is 92.0 cm³/mol. The molecule has 0 saturated heterocycles. The summed E-state index contributed by atoms with van der Waals surface area (Å²) >= 11 is 0. The van der Waals surface area contributed by atoms with Crippen LogP contribution in [0.15, 0.2) is 45.5 Å². The molecule has 2 aromatic rings. The molecule has 0 unspecified atom stereocenters. The van der Waals surface area contributed by atoms with E-state index in [-0.39, 0.29) is 33.8 Å². The van der Waals surface area contributed by atoms with Gasteiger partial charge >= 0.3 is 23.1 Å². The van der Waals surface area contributed by atoms with Gasteiger partial charge in [-0.25, -0.2) is 0 Å². The highest BCUT2D eigenvalue weighted by molar-refractivity contribution is 7.90. The van der Waals surface area contributed by atoms with Gasteiger partial charge in [0.15, 0.2) is 0 Å². The molecular weight excluding hydrogens is 409 g/mol. The minimum Gasteiger partial charge on any atom is -0.282 e. The molecule has 0 aliphatic heterocycles. The molecule has 134 valence electrons. The van der Waals surface area contributed by atoms with Gasteiger partial charge in [-0.2, -0.15) is 25.3 Å². The average molecular weight is 421 g/mol. The molecule has 13 heteroatoms. The van der Waals surface area contributed by atoms with E-state index in [9.17, 15) is 38.9 Å². The summed E-state index contributed by atoms with van der Waals surface area (Å²) in [5, 5.41) is -0.505. The van der Waals surface area contributed by atoms with Gasteiger partial charge in [-0.1, -0.05) is 36.9 Å². The molecule has 0 heterocycles. The average Bonchev–Trinajstić information content (AvgIpc) is 2.41. The summed E-state index contributed by atoms with van der Waals surface area (Å²) in [7, 11) is -16.1. The second-order valence-corrected chi connectivity index (χ2v) is 8.65. The van der Waals surface area contributed by atoms with Crippen LogP contribution in [0.3, 0.4) is 0 Å². The maximum Gasteiger partial charge on any atom is 0.316 e. The van der Waals surface area contributed by atoms with E-state index in [1.54, 1.807) is 0 Å². The summed E-state index contributed by atoms with van der Waals surface area (Å²) in [6.07, 6.45) is 0.869. The first-order valence-corrected chi connectivity index (χ1v) is 10.3. The Kier molecular flexibility index (Phi) is 6.08. The van der Waals surface area contributed by atoms with Crippen LogP contribution in [0, 0.1) is 0 Å². The highest BCUT2D eigenvalue weighted by Crippen LogP contribution is 2.39. The van der Waals surface area contributed by atoms with Crippen molar-refractivity contribution in [3.8, 4) is 0 Å². The number of rotatable bonds is 4. The van der Waals surface area contributed by atoms with Crippen LogP contribution in [0.4, 0.5) is 0 Å². The molecule has 0 amide bonds. The van der Waals surface area contributed by atoms with Crippen LogP contribution in [0.5, 0.6) is 0 Å². The summed E-state index contributed by atoms with van der Waals surface area (Å²) in [5.74, 6) is 0. The molecule has 2 rings (SSSR count). The minimum atomic E-state index is -5.48. The highest BCUT2D eigenvalue weighted by Gasteiger charge is 2.36. The topological polar surface area (TPSA) is 163 Å². The predicted octanol–water partition coefficient (Wildman–Crippen LogP) is 0.307. The zero-order valence-corrected chi connectivity index (χ0v) is 14.1. The number of hydrogen-bond donors (Lipinski definition) is 3. The fraction of sp³-hybridized carbons (Fsp3) is 0. The standard InChI is InChI=1S/C12H10O9S3.Mg.2H/c1-2-7-8-5-3-4-6-9(8)11(23(16,17)18)12(24(19,20)21)10(7)22(13,14)15;;;/h2-6H,1H2,(H,13,14,15)(H,16,17,18)(H,19,20,21);;;. The molecule has 0 aliphatic rings. The van der Waals surface area contributed by atoms with E-state index in [1.165, 1.54) is 18.2 Å². The van der Waals surface area contributed by atoms with Crippen LogP contribution >= 0.6 is 0 Å². The van der Waals surface area contributed by atoms with Crippen molar-refractivity contribution in [3.63, 3.8) is 0 Å². The Morgan fingerprint density at radius 3 is 1.48 bits per heavy atom. The first-order valence-electron chi connectivity index (χ1n) is 5.93. The lowest BCUT2D eigenvalue weighted by molar-refractivity contribution is 0.457. The molecule has 0 aliphatic carbocycles. The van der Waals surface area contributed by atoms with Gasteiger partial charge in [0.2, 0.25) is 0 Å². The SMILES string of the molecule is C=Cc1c(S(=O)(=O)O)c(S(=O)(=O)O)c(S(=O)(=O)O)c2ccccc12.[MgH2]. The van der Waals surface area contributed by atoms with Gasteiger partial charge in [0.05, 0.1) is 0 Å². The van der Waals surface area contributed by atoms with Gasteiger partial charge in [0.1, 0.15) is 14.7 Å². The molecule has 0 bridgehead atoms. The van der Waals surface area contributed by atoms with E-state index >= 15 is 0 Å². The third-order valence-electron chi connectivity index (χ3n) is 3.10. The lowest BCUT2D eigenvalue weighted by Gasteiger charge is -2.16. The van der Waals surface area contributed by atoms with E-state index in [0.29, 0.717) is 0 Å². The highest BCUT2D eigenvalue weighted by atomic mass is 32.2. The second kappa shape index (κ2) is 6.92. The molecule has 0 atom stereocenters. The van der Waals surface area contributed by atoms with Gasteiger partial charge in [0, 0.05) is 10.9 Å². The van der Waals surface area contributed by atoms with E-state index < -0.39 is 50.6 Å². The van der Waals surface area contributed by atoms with Crippen molar-refractivity contribution < 1.29 is 38.9 Å². The third-order valence-corrected chi connectivity index (χ3v) is 6.16. The van der Waals surface area contributed by atoms with Crippen molar-refractivity contribution in [2.24, 2.45) is 0 Å². The van der Waals surface area contributed by atoms with Gasteiger partial charge < -0.3 is 0 Å². The smallest absolute Gasteiger partial charge is 0.282 e. The normalized spacial score (nSPS) is 12.6.